The molecule has 0 radical (unpaired) electrons. The van der Waals surface area contributed by atoms with E-state index in [1.807, 2.05) is 6.08 Å². The molecule has 0 bridgehead atoms. The van der Waals surface area contributed by atoms with E-state index in [1.54, 1.807) is 0 Å². The standard InChI is InChI=1S/C13H21N.C2H2/c1-4-12(6-5-11(2)3)13-7-9-14-10-8-13;1-2/h4,6-7,11,14H,1,5,8-10H2,2-3H3;1-2H/b12-6+;. The molecule has 0 aromatic carbocycles. The van der Waals surface area contributed by atoms with Crippen LogP contribution in [0.25, 0.3) is 0 Å². The van der Waals surface area contributed by atoms with Crippen molar-refractivity contribution in [2.75, 3.05) is 13.1 Å². The van der Waals surface area contributed by atoms with Gasteiger partial charge < -0.3 is 5.32 Å². The minimum absolute atomic E-state index is 0.729. The van der Waals surface area contributed by atoms with Crippen LogP contribution in [0.1, 0.15) is 26.7 Å². The average Bonchev–Trinajstić information content (AvgIpc) is 2.33. The van der Waals surface area contributed by atoms with E-state index in [0.29, 0.717) is 0 Å². The molecule has 1 N–H and O–H groups in total. The number of hydrogen-bond acceptors (Lipinski definition) is 1. The van der Waals surface area contributed by atoms with Crippen LogP contribution in [0.3, 0.4) is 0 Å². The molecule has 0 aromatic heterocycles. The van der Waals surface area contributed by atoms with E-state index in [9.17, 15) is 0 Å². The van der Waals surface area contributed by atoms with Crippen LogP contribution in [-0.4, -0.2) is 13.1 Å². The van der Waals surface area contributed by atoms with E-state index in [1.165, 1.54) is 11.1 Å². The van der Waals surface area contributed by atoms with Crippen LogP contribution in [0.5, 0.6) is 0 Å². The predicted octanol–water partition coefficient (Wildman–Crippen LogP) is 3.31. The third-order valence-corrected chi connectivity index (χ3v) is 2.46. The molecule has 1 nitrogen and oxygen atoms in total. The molecule has 16 heavy (non-hydrogen) atoms. The molecule has 0 fully saturated rings. The average molecular weight is 217 g/mol. The van der Waals surface area contributed by atoms with Crippen LogP contribution < -0.4 is 5.32 Å². The van der Waals surface area contributed by atoms with Gasteiger partial charge in [0.2, 0.25) is 0 Å². The summed E-state index contributed by atoms with van der Waals surface area (Å²) in [5.74, 6) is 0.729. The maximum absolute atomic E-state index is 4.00. The quantitative estimate of drug-likeness (QED) is 0.562. The molecule has 88 valence electrons. The second kappa shape index (κ2) is 9.00. The van der Waals surface area contributed by atoms with Gasteiger partial charge in [-0.3, -0.25) is 0 Å². The monoisotopic (exact) mass is 217 g/mol. The summed E-state index contributed by atoms with van der Waals surface area (Å²) in [6.45, 7) is 10.5. The van der Waals surface area contributed by atoms with E-state index in [-0.39, 0.29) is 0 Å². The molecule has 0 unspecified atom stereocenters. The lowest BCUT2D eigenvalue weighted by Gasteiger charge is -2.15. The number of nitrogens with one attached hydrogen (secondary N) is 1. The van der Waals surface area contributed by atoms with E-state index in [0.717, 1.165) is 31.8 Å². The molecule has 1 heterocycles. The Morgan fingerprint density at radius 2 is 2.25 bits per heavy atom. The van der Waals surface area contributed by atoms with Crippen LogP contribution in [0.2, 0.25) is 0 Å². The molecular weight excluding hydrogens is 194 g/mol. The highest BCUT2D eigenvalue weighted by Crippen LogP contribution is 2.18. The minimum atomic E-state index is 0.729. The zero-order valence-corrected chi connectivity index (χ0v) is 10.5. The smallest absolute Gasteiger partial charge is 0.0140 e. The fraction of sp³-hybridized carbons (Fsp3) is 0.467. The van der Waals surface area contributed by atoms with Gasteiger partial charge in [-0.05, 0) is 36.5 Å². The predicted molar refractivity (Wildman–Crippen MR) is 73.2 cm³/mol. The van der Waals surface area contributed by atoms with Gasteiger partial charge in [0.1, 0.15) is 0 Å². The fourth-order valence-corrected chi connectivity index (χ4v) is 1.59. The van der Waals surface area contributed by atoms with E-state index in [2.05, 4.69) is 50.7 Å². The zero-order valence-electron chi connectivity index (χ0n) is 10.5. The van der Waals surface area contributed by atoms with Gasteiger partial charge in [-0.25, -0.2) is 0 Å². The largest absolute Gasteiger partial charge is 0.313 e. The SMILES string of the molecule is C#C.C=C/C(=C\CC(C)C)C1=CCNCC1. The van der Waals surface area contributed by atoms with Crippen molar-refractivity contribution >= 4 is 0 Å². The van der Waals surface area contributed by atoms with Crippen molar-refractivity contribution in [3.8, 4) is 12.8 Å². The van der Waals surface area contributed by atoms with E-state index < -0.39 is 0 Å². The van der Waals surface area contributed by atoms with Crippen molar-refractivity contribution in [3.05, 3.63) is 36.0 Å². The Bertz CT molecular complexity index is 279. The van der Waals surface area contributed by atoms with Crippen LogP contribution >= 0.6 is 0 Å². The Morgan fingerprint density at radius 1 is 1.56 bits per heavy atom. The fourth-order valence-electron chi connectivity index (χ4n) is 1.59. The van der Waals surface area contributed by atoms with Gasteiger partial charge in [0.25, 0.3) is 0 Å². The minimum Gasteiger partial charge on any atom is -0.313 e. The third kappa shape index (κ3) is 5.58. The lowest BCUT2D eigenvalue weighted by atomic mass is 9.97. The number of allylic oxidation sites excluding steroid dienone is 3. The van der Waals surface area contributed by atoms with Gasteiger partial charge in [-0.2, -0.15) is 0 Å². The first kappa shape index (κ1) is 14.7. The molecule has 0 atom stereocenters. The van der Waals surface area contributed by atoms with Gasteiger partial charge in [0.15, 0.2) is 0 Å². The molecule has 0 spiro atoms. The third-order valence-electron chi connectivity index (χ3n) is 2.46. The Morgan fingerprint density at radius 3 is 2.69 bits per heavy atom. The van der Waals surface area contributed by atoms with Crippen LogP contribution in [-0.2, 0) is 0 Å². The molecule has 0 saturated carbocycles. The first-order valence-corrected chi connectivity index (χ1v) is 5.80. The number of terminal acetylenes is 1. The summed E-state index contributed by atoms with van der Waals surface area (Å²) in [6, 6.07) is 0. The van der Waals surface area contributed by atoms with Gasteiger partial charge in [-0.15, -0.1) is 12.8 Å². The van der Waals surface area contributed by atoms with Crippen molar-refractivity contribution in [1.29, 1.82) is 0 Å². The van der Waals surface area contributed by atoms with Crippen molar-refractivity contribution in [2.45, 2.75) is 26.7 Å². The molecule has 1 rings (SSSR count). The lowest BCUT2D eigenvalue weighted by Crippen LogP contribution is -2.20. The summed E-state index contributed by atoms with van der Waals surface area (Å²) in [7, 11) is 0. The number of hydrogen-bond donors (Lipinski definition) is 1. The van der Waals surface area contributed by atoms with Crippen molar-refractivity contribution in [1.82, 2.24) is 5.32 Å². The molecule has 0 aromatic rings. The second-order valence-electron chi connectivity index (χ2n) is 4.18. The topological polar surface area (TPSA) is 12.0 Å². The van der Waals surface area contributed by atoms with E-state index in [4.69, 9.17) is 0 Å². The highest BCUT2D eigenvalue weighted by molar-refractivity contribution is 5.39. The summed E-state index contributed by atoms with van der Waals surface area (Å²) >= 11 is 0. The Kier molecular flexibility index (Phi) is 8.29. The summed E-state index contributed by atoms with van der Waals surface area (Å²) in [6.07, 6.45) is 16.9. The summed E-state index contributed by atoms with van der Waals surface area (Å²) in [4.78, 5) is 0. The highest BCUT2D eigenvalue weighted by Gasteiger charge is 2.05. The molecule has 0 amide bonds. The summed E-state index contributed by atoms with van der Waals surface area (Å²) in [5.41, 5.74) is 2.79. The van der Waals surface area contributed by atoms with Gasteiger partial charge in [0, 0.05) is 6.54 Å². The van der Waals surface area contributed by atoms with Gasteiger partial charge in [-0.1, -0.05) is 38.7 Å². The van der Waals surface area contributed by atoms with Gasteiger partial charge in [0.05, 0.1) is 0 Å². The molecule has 1 aliphatic heterocycles. The molecule has 0 aliphatic carbocycles. The van der Waals surface area contributed by atoms with Crippen molar-refractivity contribution < 1.29 is 0 Å². The maximum Gasteiger partial charge on any atom is 0.0140 e. The van der Waals surface area contributed by atoms with E-state index >= 15 is 0 Å². The molecule has 1 heteroatoms. The normalized spacial score (nSPS) is 16.1. The first-order chi connectivity index (χ1) is 7.74. The van der Waals surface area contributed by atoms with Crippen LogP contribution in [0.4, 0.5) is 0 Å². The first-order valence-electron chi connectivity index (χ1n) is 5.80. The number of rotatable bonds is 4. The molecule has 1 aliphatic rings. The zero-order chi connectivity index (χ0) is 12.4. The maximum atomic E-state index is 4.00. The van der Waals surface area contributed by atoms with Crippen LogP contribution in [0, 0.1) is 18.8 Å². The van der Waals surface area contributed by atoms with Crippen molar-refractivity contribution in [2.24, 2.45) is 5.92 Å². The van der Waals surface area contributed by atoms with Gasteiger partial charge >= 0.3 is 0 Å². The highest BCUT2D eigenvalue weighted by atomic mass is 14.8. The molecule has 0 saturated heterocycles. The Balaban J connectivity index is 0.00000106. The second-order valence-corrected chi connectivity index (χ2v) is 4.18. The Hall–Kier alpha value is -1.26. The van der Waals surface area contributed by atoms with Crippen LogP contribution in [0.15, 0.2) is 36.0 Å². The Labute approximate surface area is 100 Å². The lowest BCUT2D eigenvalue weighted by molar-refractivity contribution is 0.660. The van der Waals surface area contributed by atoms with Crippen molar-refractivity contribution in [3.63, 3.8) is 0 Å². The molecular formula is C15H23N. The summed E-state index contributed by atoms with van der Waals surface area (Å²) < 4.78 is 0. The summed E-state index contributed by atoms with van der Waals surface area (Å²) in [5, 5.41) is 3.32.